The van der Waals surface area contributed by atoms with Gasteiger partial charge in [0.05, 0.1) is 107 Å². The van der Waals surface area contributed by atoms with Crippen molar-refractivity contribution in [2.45, 2.75) is 0 Å². The highest BCUT2D eigenvalue weighted by molar-refractivity contribution is 7.80. The molecule has 12 aromatic rings. The van der Waals surface area contributed by atoms with Crippen molar-refractivity contribution in [3.63, 3.8) is 0 Å². The van der Waals surface area contributed by atoms with Crippen LogP contribution in [0.3, 0.4) is 0 Å². The van der Waals surface area contributed by atoms with Crippen LogP contribution < -0.4 is 39.3 Å². The lowest BCUT2D eigenvalue weighted by atomic mass is 10.1. The summed E-state index contributed by atoms with van der Waals surface area (Å²) in [5.41, 5.74) is 35.5. The number of pyridine rings is 4. The third kappa shape index (κ3) is 16.5. The van der Waals surface area contributed by atoms with E-state index < -0.39 is 0 Å². The Morgan fingerprint density at radius 3 is 1.14 bits per heavy atom. The Morgan fingerprint density at radius 2 is 0.830 bits per heavy atom. The first kappa shape index (κ1) is 62.7. The summed E-state index contributed by atoms with van der Waals surface area (Å²) in [6, 6.07) is 38.1. The summed E-state index contributed by atoms with van der Waals surface area (Å²) in [4.78, 5) is 42.3. The molecule has 0 amide bonds. The quantitative estimate of drug-likeness (QED) is 0.0222. The highest BCUT2D eigenvalue weighted by Gasteiger charge is 2.17. The maximum atomic E-state index is 11.9. The molecule has 0 saturated heterocycles. The van der Waals surface area contributed by atoms with Crippen molar-refractivity contribution in [3.8, 4) is 45.0 Å². The van der Waals surface area contributed by atoms with Gasteiger partial charge in [-0.1, -0.05) is 72.8 Å². The standard InChI is InChI=1S/C15H14N6S.2C15H13N3O2.C14H12N6S.CH5N3S/c1-21-9-11(8-18-21)14-6-10(7-17-20-15(16)22)12-4-2-3-5-13(12)19-14;2*1-18-9-10(8-16-18)14-7-12(15(19)20-2)11-5-3-4-6-13(11)17-14;15-14(21)20-18-6-9-5-13(10-7-16-17-8-10)19-12-4-2-1-3-11(9)12;2-1(5)4-3/h2-9H,1H3,(H3,16,20,22);2*3-9H,1-2H3;1-8H,(H,16,17)(H3,15,20,21);3H2,(H3,2,4,5)/b17-7+;;;18-6+;. The van der Waals surface area contributed by atoms with E-state index in [1.807, 2.05) is 154 Å². The van der Waals surface area contributed by atoms with Gasteiger partial charge in [0.2, 0.25) is 0 Å². The normalized spacial score (nSPS) is 10.7. The summed E-state index contributed by atoms with van der Waals surface area (Å²) in [6.07, 6.45) is 17.7. The second kappa shape index (κ2) is 30.0. The number of nitrogens with zero attached hydrogens (tertiary/aromatic N) is 13. The number of hydrazone groups is 2. The molecule has 8 aromatic heterocycles. The third-order valence-electron chi connectivity index (χ3n) is 12.4. The average molecular weight is 1230 g/mol. The third-order valence-corrected chi connectivity index (χ3v) is 12.7. The Labute approximate surface area is 518 Å². The van der Waals surface area contributed by atoms with E-state index in [4.69, 9.17) is 51.1 Å². The van der Waals surface area contributed by atoms with Gasteiger partial charge in [0.25, 0.3) is 0 Å². The molecule has 0 unspecified atom stereocenters. The number of methoxy groups -OCH3 is 2. The number of esters is 2. The predicted molar refractivity (Wildman–Crippen MR) is 353 cm³/mol. The molecule has 8 heterocycles. The summed E-state index contributed by atoms with van der Waals surface area (Å²) in [7, 11) is 8.30. The lowest BCUT2D eigenvalue weighted by Crippen LogP contribution is -2.34. The van der Waals surface area contributed by atoms with Gasteiger partial charge in [-0.2, -0.15) is 30.6 Å². The molecule has 0 aliphatic heterocycles. The van der Waals surface area contributed by atoms with E-state index in [2.05, 4.69) is 84.5 Å². The molecule has 28 heteroatoms. The van der Waals surface area contributed by atoms with Gasteiger partial charge in [0.1, 0.15) is 0 Å². The molecule has 0 spiro atoms. The minimum Gasteiger partial charge on any atom is -0.465 e. The van der Waals surface area contributed by atoms with Crippen molar-refractivity contribution in [2.75, 3.05) is 14.2 Å². The van der Waals surface area contributed by atoms with Crippen molar-refractivity contribution in [1.82, 2.24) is 75.8 Å². The number of benzene rings is 4. The minimum absolute atomic E-state index is 0.116. The minimum atomic E-state index is -0.367. The maximum absolute atomic E-state index is 11.9. The fourth-order valence-corrected chi connectivity index (χ4v) is 8.61. The van der Waals surface area contributed by atoms with E-state index in [9.17, 15) is 9.59 Å². The molecule has 0 aliphatic rings. The van der Waals surface area contributed by atoms with E-state index in [0.717, 1.165) is 88.4 Å². The number of nitrogens with two attached hydrogens (primary N) is 4. The van der Waals surface area contributed by atoms with Gasteiger partial charge in [0.15, 0.2) is 15.3 Å². The highest BCUT2D eigenvalue weighted by Crippen LogP contribution is 2.28. The van der Waals surface area contributed by atoms with E-state index in [1.165, 1.54) is 14.2 Å². The first-order valence-corrected chi connectivity index (χ1v) is 27.4. The van der Waals surface area contributed by atoms with Crippen LogP contribution in [0.2, 0.25) is 0 Å². The van der Waals surface area contributed by atoms with E-state index in [0.29, 0.717) is 22.5 Å². The zero-order valence-electron chi connectivity index (χ0n) is 47.8. The topological polar surface area (TPSA) is 351 Å². The Balaban J connectivity index is 0.000000148. The average Bonchev–Trinajstić information content (AvgIpc) is 3.34. The van der Waals surface area contributed by atoms with Crippen LogP contribution in [0.15, 0.2) is 181 Å². The number of hydrazine groups is 1. The van der Waals surface area contributed by atoms with Crippen molar-refractivity contribution in [1.29, 1.82) is 0 Å². The molecule has 0 fully saturated rings. The lowest BCUT2D eigenvalue weighted by Gasteiger charge is -2.07. The Kier molecular flexibility index (Phi) is 21.3. The van der Waals surface area contributed by atoms with E-state index >= 15 is 0 Å². The van der Waals surface area contributed by atoms with Crippen molar-refractivity contribution < 1.29 is 19.1 Å². The summed E-state index contributed by atoms with van der Waals surface area (Å²) in [5.74, 6) is 3.92. The Morgan fingerprint density at radius 1 is 0.500 bits per heavy atom. The van der Waals surface area contributed by atoms with Gasteiger partial charge in [-0.3, -0.25) is 30.0 Å². The van der Waals surface area contributed by atoms with Crippen LogP contribution in [0.25, 0.3) is 88.6 Å². The zero-order valence-corrected chi connectivity index (χ0v) is 50.3. The first-order valence-electron chi connectivity index (χ1n) is 26.2. The molecule has 25 nitrogen and oxygen atoms in total. The van der Waals surface area contributed by atoms with Gasteiger partial charge in [-0.05, 0) is 85.2 Å². The summed E-state index contributed by atoms with van der Waals surface area (Å²) in [6.45, 7) is 0. The number of aryl methyl sites for hydroxylation is 3. The molecule has 12 rings (SSSR count). The first-order chi connectivity index (χ1) is 42.5. The number of rotatable bonds is 10. The van der Waals surface area contributed by atoms with E-state index in [-0.39, 0.29) is 27.3 Å². The molecule has 0 radical (unpaired) electrons. The smallest absolute Gasteiger partial charge is 0.338 e. The SMILES string of the molecule is COC(=O)c1cc(-c2cnn(C)c2)nc2ccccc12.COC(=O)c1cc(-c2cnn(C)c2)nc2ccccc12.Cn1cc(-c2cc(/C=N/NC(N)=S)c3ccccc3n2)cn1.NC(=S)N/N=C/c1cc(-c2cn[nH]c2)nc2ccccc12.NNC(N)=S. The molecule has 88 heavy (non-hydrogen) atoms. The fourth-order valence-electron chi connectivity index (χ4n) is 8.50. The van der Waals surface area contributed by atoms with Gasteiger partial charge < -0.3 is 32.1 Å². The fraction of sp³-hybridized carbons (Fsp3) is 0.0833. The van der Waals surface area contributed by atoms with Crippen LogP contribution in [-0.2, 0) is 30.6 Å². The van der Waals surface area contributed by atoms with Gasteiger partial charge in [0, 0.05) is 101 Å². The number of aromatic nitrogens is 12. The number of aromatic amines is 1. The van der Waals surface area contributed by atoms with Crippen LogP contribution in [0, 0.1) is 0 Å². The van der Waals surface area contributed by atoms with Crippen molar-refractivity contribution >= 4 is 120 Å². The number of thiocarbonyl (C=S) groups is 3. The molecule has 444 valence electrons. The van der Waals surface area contributed by atoms with E-state index in [1.54, 1.807) is 69.6 Å². The molecule has 0 bridgehead atoms. The highest BCUT2D eigenvalue weighted by atomic mass is 32.1. The van der Waals surface area contributed by atoms with Gasteiger partial charge in [-0.25, -0.2) is 35.4 Å². The largest absolute Gasteiger partial charge is 0.465 e. The Bertz CT molecular complexity index is 4390. The maximum Gasteiger partial charge on any atom is 0.338 e. The monoisotopic (exact) mass is 1230 g/mol. The summed E-state index contributed by atoms with van der Waals surface area (Å²) in [5, 5.41) is 31.2. The molecule has 0 aliphatic carbocycles. The number of hydrogen-bond donors (Lipinski definition) is 8. The number of para-hydroxylation sites is 4. The van der Waals surface area contributed by atoms with Gasteiger partial charge in [-0.15, -0.1) is 0 Å². The molecule has 0 atom stereocenters. The van der Waals surface area contributed by atoms with Crippen LogP contribution in [0.1, 0.15) is 31.8 Å². The summed E-state index contributed by atoms with van der Waals surface area (Å²) >= 11 is 13.7. The molecule has 4 aromatic carbocycles. The van der Waals surface area contributed by atoms with Crippen molar-refractivity contribution in [3.05, 3.63) is 193 Å². The second-order valence-electron chi connectivity index (χ2n) is 18.5. The lowest BCUT2D eigenvalue weighted by molar-refractivity contribution is 0.0594. The number of H-pyrrole nitrogens is 1. The number of fused-ring (bicyclic) bond motifs is 4. The summed E-state index contributed by atoms with van der Waals surface area (Å²) < 4.78 is 14.8. The van der Waals surface area contributed by atoms with Crippen LogP contribution in [-0.4, -0.2) is 113 Å². The zero-order chi connectivity index (χ0) is 62.7. The van der Waals surface area contributed by atoms with Crippen molar-refractivity contribution in [2.24, 2.45) is 54.4 Å². The second-order valence-corrected chi connectivity index (χ2v) is 19.8. The van der Waals surface area contributed by atoms with Crippen LogP contribution in [0.5, 0.6) is 0 Å². The molecular formula is C60H57N21O4S3. The molecule has 0 saturated carbocycles. The molecule has 12 N–H and O–H groups in total. The van der Waals surface area contributed by atoms with Crippen LogP contribution >= 0.6 is 36.7 Å². The number of hydrogen-bond acceptors (Lipinski definition) is 18. The predicted octanol–water partition coefficient (Wildman–Crippen LogP) is 7.13. The number of ether oxygens (including phenoxy) is 2. The van der Waals surface area contributed by atoms with Crippen LogP contribution in [0.4, 0.5) is 0 Å². The van der Waals surface area contributed by atoms with Gasteiger partial charge >= 0.3 is 11.9 Å². The number of carbonyl (C=O) groups is 2. The number of carbonyl (C=O) groups excluding carboxylic acids is 2. The number of nitrogens with one attached hydrogen (secondary N) is 4. The Hall–Kier alpha value is -11.3. The molecular weight excluding hydrogens is 1180 g/mol.